The molecule has 0 amide bonds. The topological polar surface area (TPSA) is 72.2 Å². The predicted molar refractivity (Wildman–Crippen MR) is 84.6 cm³/mol. The Balaban J connectivity index is 2.06. The smallest absolute Gasteiger partial charge is 0.283 e. The summed E-state index contributed by atoms with van der Waals surface area (Å²) in [6.07, 6.45) is 0. The molecular formula is C11H11BrN4O2S2. The Morgan fingerprint density at radius 2 is 2.20 bits per heavy atom. The maximum atomic E-state index is 10.9. The van der Waals surface area contributed by atoms with Gasteiger partial charge in [-0.05, 0) is 27.6 Å². The largest absolute Gasteiger partial charge is 0.353 e. The van der Waals surface area contributed by atoms with Gasteiger partial charge in [0.2, 0.25) is 5.13 Å². The molecule has 1 aromatic heterocycles. The Bertz CT molecular complexity index is 633. The van der Waals surface area contributed by atoms with Crippen LogP contribution in [0.4, 0.5) is 10.8 Å². The van der Waals surface area contributed by atoms with Gasteiger partial charge in [0.25, 0.3) is 5.69 Å². The van der Waals surface area contributed by atoms with Crippen LogP contribution in [0.2, 0.25) is 0 Å². The Labute approximate surface area is 132 Å². The van der Waals surface area contributed by atoms with Crippen molar-refractivity contribution in [3.63, 3.8) is 0 Å². The van der Waals surface area contributed by atoms with Crippen molar-refractivity contribution in [2.75, 3.05) is 19.0 Å². The first-order chi connectivity index (χ1) is 9.47. The van der Waals surface area contributed by atoms with Crippen molar-refractivity contribution in [3.05, 3.63) is 38.3 Å². The third-order valence-corrected chi connectivity index (χ3v) is 5.31. The molecule has 0 aliphatic carbocycles. The highest BCUT2D eigenvalue weighted by Gasteiger charge is 2.13. The van der Waals surface area contributed by atoms with Crippen LogP contribution in [0.5, 0.6) is 0 Å². The van der Waals surface area contributed by atoms with Crippen molar-refractivity contribution in [2.45, 2.75) is 10.1 Å². The number of halogens is 1. The molecule has 0 bridgehead atoms. The highest BCUT2D eigenvalue weighted by molar-refractivity contribution is 9.10. The molecule has 1 heterocycles. The van der Waals surface area contributed by atoms with E-state index in [1.54, 1.807) is 12.1 Å². The number of benzene rings is 1. The van der Waals surface area contributed by atoms with E-state index in [-0.39, 0.29) is 5.69 Å². The van der Waals surface area contributed by atoms with Gasteiger partial charge < -0.3 is 4.90 Å². The lowest BCUT2D eigenvalue weighted by Crippen LogP contribution is -2.07. The molecule has 0 saturated carbocycles. The highest BCUT2D eigenvalue weighted by Crippen LogP contribution is 2.32. The molecule has 0 atom stereocenters. The minimum atomic E-state index is -0.395. The Morgan fingerprint density at radius 3 is 2.80 bits per heavy atom. The summed E-state index contributed by atoms with van der Waals surface area (Å²) in [4.78, 5) is 12.4. The van der Waals surface area contributed by atoms with E-state index in [0.29, 0.717) is 10.2 Å². The molecule has 0 unspecified atom stereocenters. The lowest BCUT2D eigenvalue weighted by atomic mass is 10.2. The number of hydrogen-bond donors (Lipinski definition) is 0. The summed E-state index contributed by atoms with van der Waals surface area (Å²) in [5, 5.41) is 19.8. The third-order valence-electron chi connectivity index (χ3n) is 2.35. The van der Waals surface area contributed by atoms with E-state index in [4.69, 9.17) is 0 Å². The van der Waals surface area contributed by atoms with E-state index in [1.807, 2.05) is 25.1 Å². The number of rotatable bonds is 5. The summed E-state index contributed by atoms with van der Waals surface area (Å²) in [6, 6.07) is 5.13. The summed E-state index contributed by atoms with van der Waals surface area (Å²) in [5.74, 6) is 0.621. The van der Waals surface area contributed by atoms with Crippen LogP contribution in [0, 0.1) is 10.1 Å². The zero-order valence-corrected chi connectivity index (χ0v) is 14.0. The van der Waals surface area contributed by atoms with Gasteiger partial charge in [-0.3, -0.25) is 10.1 Å². The van der Waals surface area contributed by atoms with Gasteiger partial charge in [0, 0.05) is 25.9 Å². The molecule has 0 aliphatic rings. The van der Waals surface area contributed by atoms with E-state index in [1.165, 1.54) is 23.1 Å². The monoisotopic (exact) mass is 374 g/mol. The van der Waals surface area contributed by atoms with Crippen molar-refractivity contribution >= 4 is 49.8 Å². The Morgan fingerprint density at radius 1 is 1.45 bits per heavy atom. The van der Waals surface area contributed by atoms with Crippen molar-refractivity contribution in [3.8, 4) is 0 Å². The van der Waals surface area contributed by atoms with Crippen LogP contribution in [-0.2, 0) is 5.75 Å². The van der Waals surface area contributed by atoms with Crippen LogP contribution in [0.1, 0.15) is 5.56 Å². The third kappa shape index (κ3) is 3.68. The summed E-state index contributed by atoms with van der Waals surface area (Å²) in [5.41, 5.74) is 0.959. The fourth-order valence-corrected chi connectivity index (χ4v) is 3.47. The van der Waals surface area contributed by atoms with Gasteiger partial charge in [-0.1, -0.05) is 29.2 Å². The minimum Gasteiger partial charge on any atom is -0.353 e. The predicted octanol–water partition coefficient (Wildman–Crippen LogP) is 3.57. The molecule has 1 aromatic carbocycles. The SMILES string of the molecule is CN(C)c1nnc(SCc2ccc(Br)c([N+](=O)[O-])c2)s1. The van der Waals surface area contributed by atoms with E-state index in [9.17, 15) is 10.1 Å². The first kappa shape index (κ1) is 15.2. The van der Waals surface area contributed by atoms with Gasteiger partial charge >= 0.3 is 0 Å². The zero-order valence-electron chi connectivity index (χ0n) is 10.7. The molecule has 0 radical (unpaired) electrons. The number of anilines is 1. The number of hydrogen-bond acceptors (Lipinski definition) is 7. The molecule has 9 heteroatoms. The van der Waals surface area contributed by atoms with Gasteiger partial charge in [0.05, 0.1) is 9.40 Å². The summed E-state index contributed by atoms with van der Waals surface area (Å²) in [6.45, 7) is 0. The Kier molecular flexibility index (Phi) is 4.95. The second kappa shape index (κ2) is 6.51. The first-order valence-corrected chi connectivity index (χ1v) is 8.13. The van der Waals surface area contributed by atoms with Gasteiger partial charge in [0.1, 0.15) is 0 Å². The lowest BCUT2D eigenvalue weighted by molar-refractivity contribution is -0.385. The second-order valence-electron chi connectivity index (χ2n) is 4.08. The van der Waals surface area contributed by atoms with E-state index in [0.717, 1.165) is 15.0 Å². The van der Waals surface area contributed by atoms with Gasteiger partial charge in [0.15, 0.2) is 4.34 Å². The molecule has 2 rings (SSSR count). The average molecular weight is 375 g/mol. The summed E-state index contributed by atoms with van der Waals surface area (Å²) < 4.78 is 1.33. The van der Waals surface area contributed by atoms with Crippen molar-refractivity contribution in [1.82, 2.24) is 10.2 Å². The van der Waals surface area contributed by atoms with Crippen LogP contribution in [0.25, 0.3) is 0 Å². The molecule has 106 valence electrons. The van der Waals surface area contributed by atoms with Crippen LogP contribution < -0.4 is 4.90 Å². The van der Waals surface area contributed by atoms with E-state index in [2.05, 4.69) is 26.1 Å². The number of nitro groups is 1. The average Bonchev–Trinajstić information content (AvgIpc) is 2.86. The second-order valence-corrected chi connectivity index (χ2v) is 7.11. The molecule has 0 N–H and O–H groups in total. The van der Waals surface area contributed by atoms with Crippen LogP contribution in [0.15, 0.2) is 27.0 Å². The molecular weight excluding hydrogens is 364 g/mol. The standard InChI is InChI=1S/C11H11BrN4O2S2/c1-15(2)10-13-14-11(20-10)19-6-7-3-4-8(12)9(5-7)16(17)18/h3-5H,6H2,1-2H3. The molecule has 6 nitrogen and oxygen atoms in total. The maximum Gasteiger partial charge on any atom is 0.283 e. The maximum absolute atomic E-state index is 10.9. The molecule has 20 heavy (non-hydrogen) atoms. The van der Waals surface area contributed by atoms with E-state index < -0.39 is 4.92 Å². The quantitative estimate of drug-likeness (QED) is 0.452. The molecule has 0 saturated heterocycles. The molecule has 2 aromatic rings. The number of nitro benzene ring substituents is 1. The normalized spacial score (nSPS) is 10.6. The van der Waals surface area contributed by atoms with E-state index >= 15 is 0 Å². The number of nitrogens with zero attached hydrogens (tertiary/aromatic N) is 4. The number of aromatic nitrogens is 2. The fraction of sp³-hybridized carbons (Fsp3) is 0.273. The Hall–Kier alpha value is -1.19. The van der Waals surface area contributed by atoms with Gasteiger partial charge in [-0.15, -0.1) is 10.2 Å². The summed E-state index contributed by atoms with van der Waals surface area (Å²) >= 11 is 6.19. The molecule has 0 fully saturated rings. The fourth-order valence-electron chi connectivity index (χ4n) is 1.37. The van der Waals surface area contributed by atoms with Crippen LogP contribution >= 0.6 is 39.0 Å². The zero-order chi connectivity index (χ0) is 14.7. The van der Waals surface area contributed by atoms with Crippen LogP contribution in [-0.4, -0.2) is 29.2 Å². The molecule has 0 aliphatic heterocycles. The number of thioether (sulfide) groups is 1. The van der Waals surface area contributed by atoms with Crippen molar-refractivity contribution in [1.29, 1.82) is 0 Å². The van der Waals surface area contributed by atoms with Crippen molar-refractivity contribution in [2.24, 2.45) is 0 Å². The summed E-state index contributed by atoms with van der Waals surface area (Å²) in [7, 11) is 3.82. The molecule has 0 spiro atoms. The van der Waals surface area contributed by atoms with Gasteiger partial charge in [-0.25, -0.2) is 0 Å². The van der Waals surface area contributed by atoms with Crippen molar-refractivity contribution < 1.29 is 4.92 Å². The highest BCUT2D eigenvalue weighted by atomic mass is 79.9. The van der Waals surface area contributed by atoms with Crippen LogP contribution in [0.3, 0.4) is 0 Å². The lowest BCUT2D eigenvalue weighted by Gasteiger charge is -2.03. The minimum absolute atomic E-state index is 0.0781. The van der Waals surface area contributed by atoms with Gasteiger partial charge in [-0.2, -0.15) is 0 Å². The first-order valence-electron chi connectivity index (χ1n) is 5.54.